The molecule has 1 heterocycles. The smallest absolute Gasteiger partial charge is 0.416 e. The molecule has 7 heteroatoms. The van der Waals surface area contributed by atoms with Gasteiger partial charge in [-0.2, -0.15) is 13.2 Å². The van der Waals surface area contributed by atoms with Crippen LogP contribution in [-0.2, 0) is 22.1 Å². The molecule has 0 amide bonds. The number of carbonyl (C=O) groups excluding carboxylic acids is 1. The average molecular weight is 379 g/mol. The lowest BCUT2D eigenvalue weighted by molar-refractivity contribution is -0.138. The number of halogens is 3. The van der Waals surface area contributed by atoms with E-state index in [2.05, 4.69) is 0 Å². The molecule has 0 bridgehead atoms. The summed E-state index contributed by atoms with van der Waals surface area (Å²) < 4.78 is 50.6. The van der Waals surface area contributed by atoms with Crippen molar-refractivity contribution in [2.75, 3.05) is 24.6 Å². The minimum absolute atomic E-state index is 0.0696. The summed E-state index contributed by atoms with van der Waals surface area (Å²) in [5, 5.41) is 0. The molecule has 0 N–H and O–H groups in total. The van der Waals surface area contributed by atoms with Crippen LogP contribution in [0.4, 0.5) is 18.9 Å². The lowest BCUT2D eigenvalue weighted by atomic mass is 10.0. The van der Waals surface area contributed by atoms with Crippen molar-refractivity contribution in [1.29, 1.82) is 0 Å². The fraction of sp³-hybridized carbons (Fsp3) is 0.350. The van der Waals surface area contributed by atoms with Crippen LogP contribution in [0.25, 0.3) is 0 Å². The number of anilines is 1. The summed E-state index contributed by atoms with van der Waals surface area (Å²) in [4.78, 5) is 14.0. The van der Waals surface area contributed by atoms with Crippen LogP contribution in [-0.4, -0.2) is 31.8 Å². The van der Waals surface area contributed by atoms with Gasteiger partial charge in [-0.1, -0.05) is 18.2 Å². The maximum Gasteiger partial charge on any atom is 0.416 e. The number of para-hydroxylation sites is 1. The summed E-state index contributed by atoms with van der Waals surface area (Å²) in [6.07, 6.45) is -4.81. The number of morpholine rings is 1. The number of ether oxygens (including phenoxy) is 2. The second-order valence-corrected chi connectivity index (χ2v) is 6.48. The third-order valence-electron chi connectivity index (χ3n) is 4.23. The van der Waals surface area contributed by atoms with Gasteiger partial charge in [0.2, 0.25) is 0 Å². The summed E-state index contributed by atoms with van der Waals surface area (Å²) in [7, 11) is 0. The Hall–Kier alpha value is -2.54. The lowest BCUT2D eigenvalue weighted by Crippen LogP contribution is -2.41. The van der Waals surface area contributed by atoms with E-state index in [0.717, 1.165) is 12.1 Å². The van der Waals surface area contributed by atoms with Crippen LogP contribution in [0.1, 0.15) is 18.1 Å². The van der Waals surface area contributed by atoms with Crippen LogP contribution in [0.3, 0.4) is 0 Å². The number of hydrogen-bond acceptors (Lipinski definition) is 4. The van der Waals surface area contributed by atoms with E-state index in [1.807, 2.05) is 11.8 Å². The second kappa shape index (κ2) is 8.00. The first-order chi connectivity index (χ1) is 12.8. The van der Waals surface area contributed by atoms with Gasteiger partial charge >= 0.3 is 12.1 Å². The van der Waals surface area contributed by atoms with Gasteiger partial charge in [0.25, 0.3) is 0 Å². The molecule has 2 aromatic rings. The molecule has 1 aliphatic heterocycles. The highest BCUT2D eigenvalue weighted by Gasteiger charge is 2.32. The third kappa shape index (κ3) is 5.23. The Bertz CT molecular complexity index is 793. The molecule has 3 rings (SSSR count). The predicted octanol–water partition coefficient (Wildman–Crippen LogP) is 4.08. The molecule has 1 fully saturated rings. The molecule has 144 valence electrons. The lowest BCUT2D eigenvalue weighted by Gasteiger charge is -2.33. The maximum atomic E-state index is 13.3. The van der Waals surface area contributed by atoms with Gasteiger partial charge in [0, 0.05) is 18.8 Å². The van der Waals surface area contributed by atoms with Crippen molar-refractivity contribution in [1.82, 2.24) is 0 Å². The minimum atomic E-state index is -4.49. The number of rotatable bonds is 4. The normalized spacial score (nSPS) is 17.6. The van der Waals surface area contributed by atoms with Gasteiger partial charge in [-0.25, -0.2) is 0 Å². The van der Waals surface area contributed by atoms with Crippen LogP contribution < -0.4 is 9.64 Å². The largest absolute Gasteiger partial charge is 0.426 e. The van der Waals surface area contributed by atoms with Crippen LogP contribution in [0.5, 0.6) is 5.75 Å². The molecular weight excluding hydrogens is 359 g/mol. The summed E-state index contributed by atoms with van der Waals surface area (Å²) in [6, 6.07) is 12.2. The van der Waals surface area contributed by atoms with E-state index in [4.69, 9.17) is 9.47 Å². The van der Waals surface area contributed by atoms with Crippen molar-refractivity contribution >= 4 is 11.7 Å². The molecule has 0 aliphatic carbocycles. The van der Waals surface area contributed by atoms with Gasteiger partial charge in [0.05, 0.1) is 24.7 Å². The maximum absolute atomic E-state index is 13.3. The second-order valence-electron chi connectivity index (χ2n) is 6.48. The first-order valence-electron chi connectivity index (χ1n) is 8.65. The van der Waals surface area contributed by atoms with E-state index in [1.165, 1.54) is 0 Å². The standard InChI is InChI=1S/C20H20F3NO3/c1-14-13-24(7-8-26-14)17-10-15(9-16(12-17)20(21,22)23)11-19(25)27-18-5-3-2-4-6-18/h2-6,9-10,12,14H,7-8,11,13H2,1H3. The molecular formula is C20H20F3NO3. The van der Waals surface area contributed by atoms with Gasteiger partial charge in [-0.3, -0.25) is 4.79 Å². The zero-order valence-electron chi connectivity index (χ0n) is 14.8. The summed E-state index contributed by atoms with van der Waals surface area (Å²) in [6.45, 7) is 3.31. The molecule has 0 aromatic heterocycles. The van der Waals surface area contributed by atoms with E-state index in [9.17, 15) is 18.0 Å². The number of alkyl halides is 3. The highest BCUT2D eigenvalue weighted by atomic mass is 19.4. The average Bonchev–Trinajstić information content (AvgIpc) is 2.61. The van der Waals surface area contributed by atoms with Gasteiger partial charge in [0.1, 0.15) is 5.75 Å². The van der Waals surface area contributed by atoms with E-state index in [1.54, 1.807) is 36.4 Å². The number of carbonyl (C=O) groups is 1. The number of benzene rings is 2. The molecule has 1 atom stereocenters. The Morgan fingerprint density at radius 1 is 1.22 bits per heavy atom. The molecule has 4 nitrogen and oxygen atoms in total. The summed E-state index contributed by atoms with van der Waals surface area (Å²) >= 11 is 0. The molecule has 27 heavy (non-hydrogen) atoms. The van der Waals surface area contributed by atoms with E-state index >= 15 is 0 Å². The Labute approximate surface area is 155 Å². The van der Waals surface area contributed by atoms with E-state index in [0.29, 0.717) is 31.1 Å². The van der Waals surface area contributed by atoms with Crippen molar-refractivity contribution in [2.24, 2.45) is 0 Å². The Morgan fingerprint density at radius 2 is 1.96 bits per heavy atom. The number of esters is 1. The highest BCUT2D eigenvalue weighted by molar-refractivity contribution is 5.75. The molecule has 0 saturated carbocycles. The van der Waals surface area contributed by atoms with E-state index < -0.39 is 17.7 Å². The van der Waals surface area contributed by atoms with Gasteiger partial charge in [-0.15, -0.1) is 0 Å². The summed E-state index contributed by atoms with van der Waals surface area (Å²) in [5.41, 5.74) is -0.0796. The van der Waals surface area contributed by atoms with Crippen molar-refractivity contribution in [3.63, 3.8) is 0 Å². The third-order valence-corrected chi connectivity index (χ3v) is 4.23. The predicted molar refractivity (Wildman–Crippen MR) is 94.9 cm³/mol. The zero-order valence-corrected chi connectivity index (χ0v) is 14.8. The molecule has 1 saturated heterocycles. The van der Waals surface area contributed by atoms with Gasteiger partial charge < -0.3 is 14.4 Å². The van der Waals surface area contributed by atoms with E-state index in [-0.39, 0.29) is 18.1 Å². The SMILES string of the molecule is CC1CN(c2cc(CC(=O)Oc3ccccc3)cc(C(F)(F)F)c2)CCO1. The molecule has 1 aliphatic rings. The first-order valence-corrected chi connectivity index (χ1v) is 8.65. The first kappa shape index (κ1) is 19.2. The Balaban J connectivity index is 1.83. The van der Waals surface area contributed by atoms with Crippen molar-refractivity contribution < 1.29 is 27.4 Å². The van der Waals surface area contributed by atoms with Crippen LogP contribution in [0.2, 0.25) is 0 Å². The fourth-order valence-electron chi connectivity index (χ4n) is 3.00. The van der Waals surface area contributed by atoms with Crippen molar-refractivity contribution in [3.8, 4) is 5.75 Å². The fourth-order valence-corrected chi connectivity index (χ4v) is 3.00. The van der Waals surface area contributed by atoms with Gasteiger partial charge in [0.15, 0.2) is 0 Å². The molecule has 1 unspecified atom stereocenters. The zero-order chi connectivity index (χ0) is 19.4. The Morgan fingerprint density at radius 3 is 2.63 bits per heavy atom. The molecule has 0 spiro atoms. The summed E-state index contributed by atoms with van der Waals surface area (Å²) in [5.74, 6) is -0.251. The van der Waals surface area contributed by atoms with Gasteiger partial charge in [-0.05, 0) is 42.8 Å². The number of hydrogen-bond donors (Lipinski definition) is 0. The topological polar surface area (TPSA) is 38.8 Å². The minimum Gasteiger partial charge on any atom is -0.426 e. The van der Waals surface area contributed by atoms with Crippen LogP contribution in [0.15, 0.2) is 48.5 Å². The van der Waals surface area contributed by atoms with Crippen LogP contribution in [0, 0.1) is 0 Å². The molecule has 0 radical (unpaired) electrons. The van der Waals surface area contributed by atoms with Crippen LogP contribution >= 0.6 is 0 Å². The van der Waals surface area contributed by atoms with Crippen molar-refractivity contribution in [2.45, 2.75) is 25.6 Å². The monoisotopic (exact) mass is 379 g/mol. The highest BCUT2D eigenvalue weighted by Crippen LogP contribution is 2.33. The van der Waals surface area contributed by atoms with Crippen molar-refractivity contribution in [3.05, 3.63) is 59.7 Å². The Kier molecular flexibility index (Phi) is 5.70. The quantitative estimate of drug-likeness (QED) is 0.593. The number of nitrogens with zero attached hydrogens (tertiary/aromatic N) is 1. The molecule has 2 aromatic carbocycles.